The molecule has 2 fully saturated rings. The van der Waals surface area contributed by atoms with Gasteiger partial charge in [0.1, 0.15) is 0 Å². The lowest BCUT2D eigenvalue weighted by atomic mass is 9.76. The van der Waals surface area contributed by atoms with E-state index in [1.54, 1.807) is 0 Å². The summed E-state index contributed by atoms with van der Waals surface area (Å²) in [6, 6.07) is 6.64. The van der Waals surface area contributed by atoms with E-state index in [9.17, 15) is 0 Å². The molecule has 3 rings (SSSR count). The Hall–Kier alpha value is -0.525. The molecule has 25 heavy (non-hydrogen) atoms. The molecule has 2 heterocycles. The van der Waals surface area contributed by atoms with E-state index in [0.717, 1.165) is 38.2 Å². The summed E-state index contributed by atoms with van der Waals surface area (Å²) in [4.78, 5) is 3.77. The fourth-order valence-corrected chi connectivity index (χ4v) is 4.14. The molecule has 0 unspecified atom stereocenters. The zero-order valence-electron chi connectivity index (χ0n) is 16.5. The highest BCUT2D eigenvalue weighted by molar-refractivity contribution is 7.97. The van der Waals surface area contributed by atoms with Crippen LogP contribution in [0, 0.1) is 6.92 Å². The lowest BCUT2D eigenvalue weighted by molar-refractivity contribution is 0.00578. The van der Waals surface area contributed by atoms with Gasteiger partial charge in [0.25, 0.3) is 0 Å². The Balaban J connectivity index is 1.72. The SMILES string of the molecule is CCN1CCN(Sc2ccc(C)c(B3OC(C)(C)C(C)(C)O3)c2)CC1. The normalized spacial score (nSPS) is 24.0. The van der Waals surface area contributed by atoms with Gasteiger partial charge in [-0.2, -0.15) is 0 Å². The fourth-order valence-electron chi connectivity index (χ4n) is 3.19. The second-order valence-corrected chi connectivity index (χ2v) is 9.23. The van der Waals surface area contributed by atoms with Gasteiger partial charge in [0.05, 0.1) is 11.2 Å². The van der Waals surface area contributed by atoms with Crippen molar-refractivity contribution in [3.05, 3.63) is 23.8 Å². The lowest BCUT2D eigenvalue weighted by Gasteiger charge is -2.33. The van der Waals surface area contributed by atoms with Gasteiger partial charge < -0.3 is 14.2 Å². The smallest absolute Gasteiger partial charge is 0.399 e. The van der Waals surface area contributed by atoms with Gasteiger partial charge in [-0.05, 0) is 70.7 Å². The molecule has 138 valence electrons. The Kier molecular flexibility index (Phi) is 5.57. The number of hydrogen-bond donors (Lipinski definition) is 0. The first-order chi connectivity index (χ1) is 11.7. The van der Waals surface area contributed by atoms with E-state index in [1.807, 2.05) is 11.9 Å². The first-order valence-corrected chi connectivity index (χ1v) is 10.1. The van der Waals surface area contributed by atoms with Crippen LogP contribution in [0.2, 0.25) is 0 Å². The molecule has 0 atom stereocenters. The van der Waals surface area contributed by atoms with Crippen LogP contribution >= 0.6 is 11.9 Å². The van der Waals surface area contributed by atoms with Gasteiger partial charge in [-0.1, -0.05) is 18.6 Å². The maximum atomic E-state index is 6.25. The van der Waals surface area contributed by atoms with Crippen molar-refractivity contribution in [2.24, 2.45) is 0 Å². The van der Waals surface area contributed by atoms with Gasteiger partial charge in [-0.3, -0.25) is 0 Å². The Morgan fingerprint density at radius 1 is 1.04 bits per heavy atom. The van der Waals surface area contributed by atoms with Crippen molar-refractivity contribution in [2.45, 2.75) is 57.6 Å². The minimum Gasteiger partial charge on any atom is -0.399 e. The molecular weight excluding hydrogens is 331 g/mol. The summed E-state index contributed by atoms with van der Waals surface area (Å²) in [6.45, 7) is 18.5. The van der Waals surface area contributed by atoms with E-state index in [4.69, 9.17) is 9.31 Å². The van der Waals surface area contributed by atoms with Gasteiger partial charge >= 0.3 is 7.12 Å². The predicted molar refractivity (Wildman–Crippen MR) is 106 cm³/mol. The Bertz CT molecular complexity index is 599. The van der Waals surface area contributed by atoms with E-state index in [-0.39, 0.29) is 18.3 Å². The summed E-state index contributed by atoms with van der Waals surface area (Å²) < 4.78 is 15.0. The lowest BCUT2D eigenvalue weighted by Crippen LogP contribution is -2.43. The highest BCUT2D eigenvalue weighted by Crippen LogP contribution is 2.37. The molecule has 0 saturated carbocycles. The van der Waals surface area contributed by atoms with Crippen LogP contribution in [0.1, 0.15) is 40.2 Å². The van der Waals surface area contributed by atoms with Crippen molar-refractivity contribution >= 4 is 24.5 Å². The van der Waals surface area contributed by atoms with Gasteiger partial charge in [0.15, 0.2) is 0 Å². The molecule has 4 nitrogen and oxygen atoms in total. The van der Waals surface area contributed by atoms with E-state index in [0.29, 0.717) is 0 Å². The maximum absolute atomic E-state index is 6.25. The molecule has 0 N–H and O–H groups in total. The zero-order valence-corrected chi connectivity index (χ0v) is 17.3. The predicted octanol–water partition coefficient (Wildman–Crippen LogP) is 2.94. The molecule has 0 bridgehead atoms. The fraction of sp³-hybridized carbons (Fsp3) is 0.684. The van der Waals surface area contributed by atoms with Gasteiger partial charge in [-0.15, -0.1) is 0 Å². The van der Waals surface area contributed by atoms with Crippen LogP contribution in [0.3, 0.4) is 0 Å². The molecule has 0 aromatic heterocycles. The monoisotopic (exact) mass is 362 g/mol. The molecule has 2 aliphatic rings. The standard InChI is InChI=1S/C19H31BN2O2S/c1-7-21-10-12-22(13-11-21)25-16-9-8-15(2)17(14-16)20-23-18(3,4)19(5,6)24-20/h8-9,14H,7,10-13H2,1-6H3. The maximum Gasteiger partial charge on any atom is 0.495 e. The van der Waals surface area contributed by atoms with Crippen LogP contribution in [0.25, 0.3) is 0 Å². The number of nitrogens with zero attached hydrogens (tertiary/aromatic N) is 2. The van der Waals surface area contributed by atoms with Crippen LogP contribution in [0.4, 0.5) is 0 Å². The second-order valence-electron chi connectivity index (χ2n) is 8.06. The van der Waals surface area contributed by atoms with E-state index >= 15 is 0 Å². The molecule has 0 aliphatic carbocycles. The number of rotatable bonds is 4. The summed E-state index contributed by atoms with van der Waals surface area (Å²) >= 11 is 1.85. The number of likely N-dealkylation sites (N-methyl/N-ethyl adjacent to an activating group) is 1. The Morgan fingerprint density at radius 2 is 1.64 bits per heavy atom. The van der Waals surface area contributed by atoms with Crippen molar-refractivity contribution in [3.63, 3.8) is 0 Å². The van der Waals surface area contributed by atoms with Crippen LogP contribution in [-0.2, 0) is 9.31 Å². The molecule has 1 aromatic carbocycles. The van der Waals surface area contributed by atoms with Crippen molar-refractivity contribution in [1.29, 1.82) is 0 Å². The summed E-state index contributed by atoms with van der Waals surface area (Å²) in [5.41, 5.74) is 1.77. The summed E-state index contributed by atoms with van der Waals surface area (Å²) in [6.07, 6.45) is 0. The summed E-state index contributed by atoms with van der Waals surface area (Å²) in [7, 11) is -0.289. The number of piperazine rings is 1. The minimum atomic E-state index is -0.302. The highest BCUT2D eigenvalue weighted by atomic mass is 32.2. The summed E-state index contributed by atoms with van der Waals surface area (Å²) in [5.74, 6) is 0. The average Bonchev–Trinajstić information content (AvgIpc) is 2.78. The first kappa shape index (κ1) is 19.2. The first-order valence-electron chi connectivity index (χ1n) is 9.33. The van der Waals surface area contributed by atoms with Crippen LogP contribution in [0.15, 0.2) is 23.1 Å². The minimum absolute atomic E-state index is 0.289. The van der Waals surface area contributed by atoms with Crippen molar-refractivity contribution in [3.8, 4) is 0 Å². The van der Waals surface area contributed by atoms with Gasteiger partial charge in [0.2, 0.25) is 0 Å². The third-order valence-electron chi connectivity index (χ3n) is 5.77. The second kappa shape index (κ2) is 7.24. The van der Waals surface area contributed by atoms with Crippen LogP contribution < -0.4 is 5.46 Å². The zero-order chi connectivity index (χ0) is 18.2. The van der Waals surface area contributed by atoms with Crippen molar-refractivity contribution in [1.82, 2.24) is 9.21 Å². The Morgan fingerprint density at radius 3 is 2.20 bits per heavy atom. The molecule has 2 saturated heterocycles. The third kappa shape index (κ3) is 4.09. The third-order valence-corrected chi connectivity index (χ3v) is 6.86. The van der Waals surface area contributed by atoms with Gasteiger partial charge in [0, 0.05) is 31.1 Å². The number of hydrogen-bond acceptors (Lipinski definition) is 5. The molecule has 1 aromatic rings. The van der Waals surface area contributed by atoms with Gasteiger partial charge in [-0.25, -0.2) is 4.31 Å². The number of benzene rings is 1. The molecule has 2 aliphatic heterocycles. The molecule has 0 spiro atoms. The topological polar surface area (TPSA) is 24.9 Å². The highest BCUT2D eigenvalue weighted by Gasteiger charge is 2.52. The quantitative estimate of drug-likeness (QED) is 0.606. The van der Waals surface area contributed by atoms with E-state index < -0.39 is 0 Å². The Labute approximate surface area is 157 Å². The average molecular weight is 362 g/mol. The van der Waals surface area contributed by atoms with Crippen molar-refractivity contribution < 1.29 is 9.31 Å². The molecule has 6 heteroatoms. The van der Waals surface area contributed by atoms with E-state index in [2.05, 4.69) is 68.9 Å². The largest absolute Gasteiger partial charge is 0.495 e. The number of aryl methyl sites for hydroxylation is 1. The molecule has 0 amide bonds. The van der Waals surface area contributed by atoms with E-state index in [1.165, 1.54) is 10.5 Å². The van der Waals surface area contributed by atoms with Crippen LogP contribution in [0.5, 0.6) is 0 Å². The van der Waals surface area contributed by atoms with Crippen molar-refractivity contribution in [2.75, 3.05) is 32.7 Å². The van der Waals surface area contributed by atoms with Crippen LogP contribution in [-0.4, -0.2) is 60.2 Å². The molecular formula is C19H31BN2O2S. The summed E-state index contributed by atoms with van der Waals surface area (Å²) in [5, 5.41) is 0. The molecule has 0 radical (unpaired) electrons.